The van der Waals surface area contributed by atoms with Crippen LogP contribution in [0.4, 0.5) is 22.0 Å². The highest BCUT2D eigenvalue weighted by Gasteiger charge is 2.48. The molecular weight excluding hydrogens is 581 g/mol. The zero-order valence-corrected chi connectivity index (χ0v) is 25.2. The molecule has 0 saturated heterocycles. The fourth-order valence-corrected chi connectivity index (χ4v) is 5.86. The molecule has 3 rings (SSSR count). The van der Waals surface area contributed by atoms with E-state index in [9.17, 15) is 36.6 Å². The summed E-state index contributed by atoms with van der Waals surface area (Å²) in [4.78, 5) is 28.7. The lowest BCUT2D eigenvalue weighted by atomic mass is 9.63. The lowest BCUT2D eigenvalue weighted by Crippen LogP contribution is -2.51. The fourth-order valence-electron chi connectivity index (χ4n) is 5.86. The van der Waals surface area contributed by atoms with Crippen molar-refractivity contribution in [2.24, 2.45) is 17.1 Å². The van der Waals surface area contributed by atoms with Crippen molar-refractivity contribution in [1.29, 1.82) is 0 Å². The molecule has 240 valence electrons. The van der Waals surface area contributed by atoms with E-state index in [1.807, 2.05) is 13.8 Å². The van der Waals surface area contributed by atoms with Gasteiger partial charge in [-0.3, -0.25) is 9.59 Å². The summed E-state index contributed by atoms with van der Waals surface area (Å²) in [6.45, 7) is 6.35. The minimum absolute atomic E-state index is 0.0287. The largest absolute Gasteiger partial charge is 0.416 e. The molecule has 44 heavy (non-hydrogen) atoms. The van der Waals surface area contributed by atoms with Crippen molar-refractivity contribution >= 4 is 11.8 Å². The normalized spacial score (nSPS) is 18.3. The molecule has 0 heterocycles. The highest BCUT2D eigenvalue weighted by molar-refractivity contribution is 5.97. The van der Waals surface area contributed by atoms with Gasteiger partial charge in [-0.2, -0.15) is 13.2 Å². The maximum absolute atomic E-state index is 14.9. The number of carbonyl (C=O) groups excluding carboxylic acids is 2. The Kier molecular flexibility index (Phi) is 11.9. The van der Waals surface area contributed by atoms with Crippen molar-refractivity contribution in [3.63, 3.8) is 0 Å². The highest BCUT2D eigenvalue weighted by atomic mass is 19.4. The van der Waals surface area contributed by atoms with Crippen LogP contribution in [0.15, 0.2) is 65.8 Å². The Hall–Kier alpha value is -3.57. The van der Waals surface area contributed by atoms with Crippen LogP contribution in [0, 0.1) is 23.0 Å². The molecule has 6 nitrogen and oxygen atoms in total. The van der Waals surface area contributed by atoms with Crippen LogP contribution < -0.4 is 11.1 Å². The number of carbonyl (C=O) groups is 2. The van der Waals surface area contributed by atoms with Crippen molar-refractivity contribution in [3.8, 4) is 0 Å². The van der Waals surface area contributed by atoms with Crippen LogP contribution in [0.3, 0.4) is 0 Å². The zero-order chi connectivity index (χ0) is 32.7. The molecule has 0 aromatic heterocycles. The van der Waals surface area contributed by atoms with Crippen molar-refractivity contribution in [1.82, 2.24) is 10.2 Å². The number of nitrogens with one attached hydrogen (secondary N) is 1. The molecule has 0 bridgehead atoms. The number of rotatable bonds is 14. The molecule has 0 saturated carbocycles. The van der Waals surface area contributed by atoms with Gasteiger partial charge in [-0.1, -0.05) is 55.8 Å². The Balaban J connectivity index is 1.97. The minimum atomic E-state index is -4.52. The quantitative estimate of drug-likeness (QED) is 0.236. The van der Waals surface area contributed by atoms with Gasteiger partial charge >= 0.3 is 6.18 Å². The van der Waals surface area contributed by atoms with Crippen molar-refractivity contribution in [2.75, 3.05) is 19.6 Å². The molecule has 1 aliphatic rings. The SMILES string of the molecule is CCCN(CCC)C(=O)C1=CC(C)=CC(C(N)=O)([C@H](Cc2ccc(F)cc2F)[C@@H](O)CNCc2cccc(C(F)(F)F)c2)C1. The van der Waals surface area contributed by atoms with Gasteiger partial charge in [-0.05, 0) is 55.9 Å². The minimum Gasteiger partial charge on any atom is -0.391 e. The zero-order valence-electron chi connectivity index (χ0n) is 25.2. The summed E-state index contributed by atoms with van der Waals surface area (Å²) in [5.74, 6) is -3.87. The number of aliphatic hydroxyl groups is 1. The third kappa shape index (κ3) is 8.53. The second-order valence-corrected chi connectivity index (χ2v) is 11.4. The van der Waals surface area contributed by atoms with E-state index in [4.69, 9.17) is 5.73 Å². The van der Waals surface area contributed by atoms with Gasteiger partial charge in [0.15, 0.2) is 0 Å². The first-order valence-electron chi connectivity index (χ1n) is 14.7. The maximum Gasteiger partial charge on any atom is 0.416 e. The van der Waals surface area contributed by atoms with Crippen molar-refractivity contribution in [3.05, 3.63) is 94.1 Å². The second-order valence-electron chi connectivity index (χ2n) is 11.4. The van der Waals surface area contributed by atoms with Crippen molar-refractivity contribution in [2.45, 2.75) is 65.3 Å². The summed E-state index contributed by atoms with van der Waals surface area (Å²) < 4.78 is 68.1. The number of aliphatic hydroxyl groups excluding tert-OH is 1. The molecule has 11 heteroatoms. The number of allylic oxidation sites excluding steroid dienone is 2. The topological polar surface area (TPSA) is 95.7 Å². The van der Waals surface area contributed by atoms with Gasteiger partial charge in [0.1, 0.15) is 11.6 Å². The predicted octanol–water partition coefficient (Wildman–Crippen LogP) is 5.69. The van der Waals surface area contributed by atoms with E-state index in [0.29, 0.717) is 35.9 Å². The monoisotopic (exact) mass is 621 g/mol. The Morgan fingerprint density at radius 1 is 1.09 bits per heavy atom. The molecular formula is C33H40F5N3O3. The lowest BCUT2D eigenvalue weighted by Gasteiger charge is -2.42. The summed E-state index contributed by atoms with van der Waals surface area (Å²) >= 11 is 0. The van der Waals surface area contributed by atoms with Gasteiger partial charge in [0, 0.05) is 43.7 Å². The van der Waals surface area contributed by atoms with Crippen LogP contribution in [0.1, 0.15) is 56.7 Å². The summed E-state index contributed by atoms with van der Waals surface area (Å²) in [5, 5.41) is 14.5. The highest BCUT2D eigenvalue weighted by Crippen LogP contribution is 2.44. The molecule has 0 radical (unpaired) electrons. The molecule has 2 aromatic rings. The van der Waals surface area contributed by atoms with Gasteiger partial charge in [0.25, 0.3) is 0 Å². The van der Waals surface area contributed by atoms with Gasteiger partial charge in [-0.15, -0.1) is 0 Å². The van der Waals surface area contributed by atoms with Crippen LogP contribution in [0.25, 0.3) is 0 Å². The van der Waals surface area contributed by atoms with E-state index in [1.165, 1.54) is 18.2 Å². The second kappa shape index (κ2) is 14.9. The first-order chi connectivity index (χ1) is 20.7. The molecule has 1 aliphatic carbocycles. The molecule has 0 spiro atoms. The van der Waals surface area contributed by atoms with E-state index in [1.54, 1.807) is 24.0 Å². The average molecular weight is 622 g/mol. The maximum atomic E-state index is 14.9. The van der Waals surface area contributed by atoms with E-state index in [2.05, 4.69) is 5.32 Å². The molecule has 0 fully saturated rings. The van der Waals surface area contributed by atoms with E-state index in [-0.39, 0.29) is 37.4 Å². The molecule has 1 unspecified atom stereocenters. The molecule has 0 aliphatic heterocycles. The number of nitrogens with zero attached hydrogens (tertiary/aromatic N) is 1. The summed E-state index contributed by atoms with van der Waals surface area (Å²) in [6.07, 6.45) is -1.59. The molecule has 4 N–H and O–H groups in total. The average Bonchev–Trinajstić information content (AvgIpc) is 2.95. The number of hydrogen-bond acceptors (Lipinski definition) is 4. The number of primary amides is 1. The van der Waals surface area contributed by atoms with Gasteiger partial charge < -0.3 is 21.1 Å². The Morgan fingerprint density at radius 3 is 2.36 bits per heavy atom. The van der Waals surface area contributed by atoms with Crippen LogP contribution in [0.5, 0.6) is 0 Å². The number of alkyl halides is 3. The summed E-state index contributed by atoms with van der Waals surface area (Å²) in [7, 11) is 0. The molecule has 3 atom stereocenters. The fraction of sp³-hybridized carbons (Fsp3) is 0.455. The molecule has 2 amide bonds. The Labute approximate surface area is 254 Å². The summed E-state index contributed by atoms with van der Waals surface area (Å²) in [6, 6.07) is 7.71. The van der Waals surface area contributed by atoms with E-state index in [0.717, 1.165) is 31.0 Å². The number of halogens is 5. The van der Waals surface area contributed by atoms with Crippen LogP contribution in [-0.2, 0) is 28.7 Å². The predicted molar refractivity (Wildman–Crippen MR) is 158 cm³/mol. The Bertz CT molecular complexity index is 1380. The standard InChI is InChI=1S/C33H40F5N3O3/c1-4-11-41(12-5-2)30(43)24-13-21(3)17-32(18-24,31(39)44)27(15-23-9-10-26(34)16-28(23)35)29(42)20-40-19-22-7-6-8-25(14-22)33(36,37)38/h6-10,13-14,16-17,27,29,40,42H,4-5,11-12,15,18-20H2,1-3H3,(H2,39,44)/t27-,29+,32?/m1/s1. The summed E-state index contributed by atoms with van der Waals surface area (Å²) in [5.41, 5.74) is 4.79. The van der Waals surface area contributed by atoms with Gasteiger partial charge in [0.05, 0.1) is 17.1 Å². The third-order valence-corrected chi connectivity index (χ3v) is 7.90. The van der Waals surface area contributed by atoms with Gasteiger partial charge in [0.2, 0.25) is 11.8 Å². The lowest BCUT2D eigenvalue weighted by molar-refractivity contribution is -0.137. The van der Waals surface area contributed by atoms with Crippen LogP contribution in [0.2, 0.25) is 0 Å². The van der Waals surface area contributed by atoms with Crippen LogP contribution in [-0.4, -0.2) is 47.6 Å². The van der Waals surface area contributed by atoms with E-state index >= 15 is 0 Å². The number of nitrogens with two attached hydrogens (primary N) is 1. The van der Waals surface area contributed by atoms with E-state index < -0.39 is 46.7 Å². The van der Waals surface area contributed by atoms with Gasteiger partial charge in [-0.25, -0.2) is 8.78 Å². The smallest absolute Gasteiger partial charge is 0.391 e. The molecule has 2 aromatic carbocycles. The number of amides is 2. The van der Waals surface area contributed by atoms with Crippen LogP contribution >= 0.6 is 0 Å². The number of hydrogen-bond donors (Lipinski definition) is 3. The first kappa shape index (κ1) is 34.9. The van der Waals surface area contributed by atoms with Crippen molar-refractivity contribution < 1.29 is 36.6 Å². The number of benzene rings is 2. The Morgan fingerprint density at radius 2 is 1.77 bits per heavy atom. The third-order valence-electron chi connectivity index (χ3n) is 7.90. The first-order valence-corrected chi connectivity index (χ1v) is 14.7.